The molecule has 2 heterocycles. The third-order valence-electron chi connectivity index (χ3n) is 9.71. The van der Waals surface area contributed by atoms with E-state index in [1.807, 2.05) is 4.68 Å². The number of hydrogen-bond acceptors (Lipinski definition) is 5. The highest BCUT2D eigenvalue weighted by molar-refractivity contribution is 5.96. The lowest BCUT2D eigenvalue weighted by Gasteiger charge is -2.41. The number of nitrogens with one attached hydrogen (secondary N) is 1. The van der Waals surface area contributed by atoms with E-state index in [0.717, 1.165) is 50.9 Å². The number of carbonyl (C=O) groups is 1. The second-order valence-electron chi connectivity index (χ2n) is 12.5. The summed E-state index contributed by atoms with van der Waals surface area (Å²) in [5.74, 6) is 3.55. The van der Waals surface area contributed by atoms with Crippen LogP contribution in [0.2, 0.25) is 0 Å². The molecule has 4 aliphatic rings. The summed E-state index contributed by atoms with van der Waals surface area (Å²) in [6.07, 6.45) is 18.3. The number of nitrogens with two attached hydrogens (primary N) is 1. The summed E-state index contributed by atoms with van der Waals surface area (Å²) >= 11 is 0. The van der Waals surface area contributed by atoms with E-state index in [1.165, 1.54) is 70.6 Å². The minimum absolute atomic E-state index is 0.0212. The van der Waals surface area contributed by atoms with Gasteiger partial charge < -0.3 is 20.7 Å². The largest absolute Gasteiger partial charge is 0.477 e. The van der Waals surface area contributed by atoms with Crippen molar-refractivity contribution in [3.63, 3.8) is 0 Å². The minimum atomic E-state index is -0.0212. The van der Waals surface area contributed by atoms with Crippen molar-refractivity contribution in [1.29, 1.82) is 0 Å². The molecule has 202 valence electrons. The van der Waals surface area contributed by atoms with E-state index in [9.17, 15) is 4.79 Å². The van der Waals surface area contributed by atoms with Gasteiger partial charge >= 0.3 is 0 Å². The van der Waals surface area contributed by atoms with E-state index in [2.05, 4.69) is 22.2 Å². The van der Waals surface area contributed by atoms with E-state index >= 15 is 0 Å². The van der Waals surface area contributed by atoms with E-state index in [-0.39, 0.29) is 11.9 Å². The lowest BCUT2D eigenvalue weighted by Crippen LogP contribution is -2.42. The summed E-state index contributed by atoms with van der Waals surface area (Å²) in [4.78, 5) is 16.0. The van der Waals surface area contributed by atoms with Crippen molar-refractivity contribution in [2.45, 2.75) is 109 Å². The number of rotatable bonds is 9. The number of aromatic nitrogens is 2. The number of piperidine rings is 1. The van der Waals surface area contributed by atoms with E-state index in [1.54, 1.807) is 6.20 Å². The number of likely N-dealkylation sites (tertiary alicyclic amines) is 1. The van der Waals surface area contributed by atoms with Gasteiger partial charge in [-0.2, -0.15) is 5.10 Å². The predicted molar refractivity (Wildman–Crippen MR) is 143 cm³/mol. The molecule has 1 amide bonds. The maximum Gasteiger partial charge on any atom is 0.258 e. The van der Waals surface area contributed by atoms with Crippen molar-refractivity contribution in [1.82, 2.24) is 20.0 Å². The average Bonchev–Trinajstić information content (AvgIpc) is 3.30. The highest BCUT2D eigenvalue weighted by Gasteiger charge is 2.35. The van der Waals surface area contributed by atoms with E-state index < -0.39 is 0 Å². The molecule has 36 heavy (non-hydrogen) atoms. The Morgan fingerprint density at radius 3 is 2.47 bits per heavy atom. The van der Waals surface area contributed by atoms with Gasteiger partial charge in [0, 0.05) is 18.6 Å². The number of hydrogen-bond donors (Lipinski definition) is 2. The fraction of sp³-hybridized carbons (Fsp3) is 0.862. The molecule has 3 unspecified atom stereocenters. The molecular formula is C29H49N5O2. The van der Waals surface area contributed by atoms with Crippen LogP contribution in [0.15, 0.2) is 6.20 Å². The standard InChI is InChI=1S/C29H49N5O2/c1-21(25-17-23-8-5-9-24(16-23)18-25)32-28(35)27-19-31-34(15-14-33-12-10-26(30)11-13-33)29(27)36-20-22-6-3-2-4-7-22/h19,21-26H,2-18,20,30H2,1H3,(H,32,35). The molecule has 1 aromatic heterocycles. The molecule has 4 fully saturated rings. The van der Waals surface area contributed by atoms with Gasteiger partial charge in [-0.1, -0.05) is 38.5 Å². The zero-order valence-corrected chi connectivity index (χ0v) is 22.5. The van der Waals surface area contributed by atoms with Crippen molar-refractivity contribution in [2.24, 2.45) is 29.4 Å². The second kappa shape index (κ2) is 12.3. The Morgan fingerprint density at radius 1 is 1.03 bits per heavy atom. The molecule has 3 aliphatic carbocycles. The first-order valence-electron chi connectivity index (χ1n) is 15.0. The van der Waals surface area contributed by atoms with Crippen LogP contribution < -0.4 is 15.8 Å². The van der Waals surface area contributed by atoms with Crippen molar-refractivity contribution in [3.05, 3.63) is 11.8 Å². The summed E-state index contributed by atoms with van der Waals surface area (Å²) in [5, 5.41) is 8.01. The van der Waals surface area contributed by atoms with Gasteiger partial charge in [-0.05, 0) is 88.6 Å². The molecule has 0 aromatic carbocycles. The maximum atomic E-state index is 13.5. The Morgan fingerprint density at radius 2 is 1.75 bits per heavy atom. The molecule has 2 bridgehead atoms. The quantitative estimate of drug-likeness (QED) is 0.519. The molecular weight excluding hydrogens is 450 g/mol. The molecule has 0 radical (unpaired) electrons. The number of carbonyl (C=O) groups excluding carboxylic acids is 1. The number of fused-ring (bicyclic) bond motifs is 2. The zero-order chi connectivity index (χ0) is 24.9. The summed E-state index contributed by atoms with van der Waals surface area (Å²) < 4.78 is 8.35. The van der Waals surface area contributed by atoms with E-state index in [4.69, 9.17) is 10.5 Å². The van der Waals surface area contributed by atoms with Crippen molar-refractivity contribution < 1.29 is 9.53 Å². The molecule has 3 saturated carbocycles. The highest BCUT2D eigenvalue weighted by atomic mass is 16.5. The van der Waals surface area contributed by atoms with Gasteiger partial charge in [0.2, 0.25) is 5.88 Å². The van der Waals surface area contributed by atoms with Crippen LogP contribution in [0, 0.1) is 23.7 Å². The predicted octanol–water partition coefficient (Wildman–Crippen LogP) is 4.60. The lowest BCUT2D eigenvalue weighted by atomic mass is 9.66. The Hall–Kier alpha value is -1.60. The second-order valence-corrected chi connectivity index (χ2v) is 12.5. The third kappa shape index (κ3) is 6.63. The first-order chi connectivity index (χ1) is 17.5. The monoisotopic (exact) mass is 499 g/mol. The van der Waals surface area contributed by atoms with Gasteiger partial charge in [0.25, 0.3) is 5.91 Å². The van der Waals surface area contributed by atoms with Gasteiger partial charge in [-0.25, -0.2) is 4.68 Å². The minimum Gasteiger partial charge on any atom is -0.477 e. The Labute approximate surface area is 217 Å². The van der Waals surface area contributed by atoms with Gasteiger partial charge in [-0.15, -0.1) is 0 Å². The highest BCUT2D eigenvalue weighted by Crippen LogP contribution is 2.43. The number of nitrogens with zero attached hydrogens (tertiary/aromatic N) is 3. The molecule has 0 spiro atoms. The van der Waals surface area contributed by atoms with Gasteiger partial charge in [0.05, 0.1) is 19.3 Å². The molecule has 1 saturated heterocycles. The number of ether oxygens (including phenoxy) is 1. The normalized spacial score (nSPS) is 29.1. The van der Waals surface area contributed by atoms with Crippen LogP contribution in [0.5, 0.6) is 5.88 Å². The summed E-state index contributed by atoms with van der Waals surface area (Å²) in [6, 6.07) is 0.523. The average molecular weight is 500 g/mol. The van der Waals surface area contributed by atoms with Crippen molar-refractivity contribution in [2.75, 3.05) is 26.2 Å². The Kier molecular flexibility index (Phi) is 8.89. The van der Waals surface area contributed by atoms with Crippen LogP contribution in [0.1, 0.15) is 101 Å². The molecule has 5 rings (SSSR count). The Balaban J connectivity index is 1.23. The van der Waals surface area contributed by atoms with Crippen LogP contribution in [0.4, 0.5) is 0 Å². The van der Waals surface area contributed by atoms with Crippen molar-refractivity contribution in [3.8, 4) is 5.88 Å². The third-order valence-corrected chi connectivity index (χ3v) is 9.71. The first kappa shape index (κ1) is 26.0. The van der Waals surface area contributed by atoms with Crippen molar-refractivity contribution >= 4 is 5.91 Å². The smallest absolute Gasteiger partial charge is 0.258 e. The Bertz CT molecular complexity index is 831. The fourth-order valence-electron chi connectivity index (χ4n) is 7.40. The van der Waals surface area contributed by atoms with Crippen LogP contribution in [-0.2, 0) is 6.54 Å². The fourth-order valence-corrected chi connectivity index (χ4v) is 7.40. The summed E-state index contributed by atoms with van der Waals surface area (Å²) in [5.41, 5.74) is 6.69. The SMILES string of the molecule is CC(NC(=O)c1cnn(CCN2CCC(N)CC2)c1OCC1CCCCC1)C1CC2CCCC(C2)C1. The van der Waals surface area contributed by atoms with Crippen LogP contribution in [0.3, 0.4) is 0 Å². The molecule has 7 heteroatoms. The lowest BCUT2D eigenvalue weighted by molar-refractivity contribution is 0.0848. The number of amides is 1. The van der Waals surface area contributed by atoms with E-state index in [0.29, 0.717) is 35.9 Å². The maximum absolute atomic E-state index is 13.5. The zero-order valence-electron chi connectivity index (χ0n) is 22.5. The van der Waals surface area contributed by atoms with Crippen LogP contribution in [-0.4, -0.2) is 58.9 Å². The van der Waals surface area contributed by atoms with Gasteiger partial charge in [0.1, 0.15) is 5.56 Å². The summed E-state index contributed by atoms with van der Waals surface area (Å²) in [6.45, 7) is 6.62. The van der Waals surface area contributed by atoms with Gasteiger partial charge in [-0.3, -0.25) is 4.79 Å². The first-order valence-corrected chi connectivity index (χ1v) is 15.0. The molecule has 3 N–H and O–H groups in total. The molecule has 7 nitrogen and oxygen atoms in total. The molecule has 1 aromatic rings. The molecule has 1 aliphatic heterocycles. The topological polar surface area (TPSA) is 85.4 Å². The van der Waals surface area contributed by atoms with Crippen LogP contribution in [0.25, 0.3) is 0 Å². The molecule has 3 atom stereocenters. The van der Waals surface area contributed by atoms with Gasteiger partial charge in [0.15, 0.2) is 0 Å². The van der Waals surface area contributed by atoms with Crippen LogP contribution >= 0.6 is 0 Å². The summed E-state index contributed by atoms with van der Waals surface area (Å²) in [7, 11) is 0.